The number of aromatic nitrogens is 2. The first-order valence-electron chi connectivity index (χ1n) is 7.43. The highest BCUT2D eigenvalue weighted by molar-refractivity contribution is 7.89. The molecular weight excluding hydrogens is 316 g/mol. The highest BCUT2D eigenvalue weighted by Crippen LogP contribution is 2.21. The van der Waals surface area contributed by atoms with Crippen molar-refractivity contribution in [3.05, 3.63) is 48.0 Å². The first-order valence-corrected chi connectivity index (χ1v) is 8.87. The van der Waals surface area contributed by atoms with Crippen molar-refractivity contribution in [1.82, 2.24) is 19.6 Å². The minimum atomic E-state index is -3.50. The average molecular weight is 334 g/mol. The van der Waals surface area contributed by atoms with E-state index in [0.29, 0.717) is 19.6 Å². The molecule has 1 aliphatic rings. The number of amides is 1. The predicted octanol–water partition coefficient (Wildman–Crippen LogP) is 1.12. The highest BCUT2D eigenvalue weighted by atomic mass is 32.2. The highest BCUT2D eigenvalue weighted by Gasteiger charge is 2.28. The molecule has 0 aliphatic carbocycles. The molecule has 2 aromatic heterocycles. The van der Waals surface area contributed by atoms with E-state index < -0.39 is 10.0 Å². The number of H-pyrrole nitrogens is 1. The second-order valence-electron chi connectivity index (χ2n) is 5.40. The minimum absolute atomic E-state index is 0.133. The van der Waals surface area contributed by atoms with Gasteiger partial charge in [0.1, 0.15) is 10.6 Å². The summed E-state index contributed by atoms with van der Waals surface area (Å²) in [7, 11) is -3.50. The number of nitrogens with zero attached hydrogens (tertiary/aromatic N) is 2. The summed E-state index contributed by atoms with van der Waals surface area (Å²) in [5.41, 5.74) is 1.15. The Bertz CT molecular complexity index is 780. The summed E-state index contributed by atoms with van der Waals surface area (Å²) in [5, 5.41) is 2.74. The molecule has 0 aromatic carbocycles. The van der Waals surface area contributed by atoms with E-state index in [9.17, 15) is 13.2 Å². The molecule has 122 valence electrons. The van der Waals surface area contributed by atoms with Crippen molar-refractivity contribution in [2.45, 2.75) is 24.3 Å². The summed E-state index contributed by atoms with van der Waals surface area (Å²) in [4.78, 5) is 18.9. The first kappa shape index (κ1) is 15.7. The van der Waals surface area contributed by atoms with Crippen LogP contribution in [0.25, 0.3) is 0 Å². The molecule has 0 unspecified atom stereocenters. The van der Waals surface area contributed by atoms with Crippen LogP contribution in [-0.2, 0) is 16.6 Å². The standard InChI is InChI=1S/C15H18N4O3S/c20-15(18-10-12-3-5-16-6-4-12)14-9-13(11-17-14)23(21,22)19-7-1-2-8-19/h3-6,9,11,17H,1-2,7-8,10H2,(H,18,20). The fraction of sp³-hybridized carbons (Fsp3) is 0.333. The van der Waals surface area contributed by atoms with Gasteiger partial charge in [-0.15, -0.1) is 0 Å². The quantitative estimate of drug-likeness (QED) is 0.857. The third-order valence-electron chi connectivity index (χ3n) is 3.81. The molecule has 0 atom stereocenters. The summed E-state index contributed by atoms with van der Waals surface area (Å²) in [6, 6.07) is 4.99. The van der Waals surface area contributed by atoms with E-state index in [1.165, 1.54) is 16.6 Å². The number of aromatic amines is 1. The van der Waals surface area contributed by atoms with Gasteiger partial charge in [-0.3, -0.25) is 9.78 Å². The summed E-state index contributed by atoms with van der Waals surface area (Å²) in [5.74, 6) is -0.343. The van der Waals surface area contributed by atoms with Crippen molar-refractivity contribution < 1.29 is 13.2 Å². The Hall–Kier alpha value is -2.19. The maximum Gasteiger partial charge on any atom is 0.268 e. The van der Waals surface area contributed by atoms with Crippen LogP contribution < -0.4 is 5.32 Å². The lowest BCUT2D eigenvalue weighted by Gasteiger charge is -2.13. The number of pyridine rings is 1. The second kappa shape index (κ2) is 6.51. The van der Waals surface area contributed by atoms with Gasteiger partial charge in [-0.05, 0) is 36.6 Å². The largest absolute Gasteiger partial charge is 0.356 e. The molecule has 0 spiro atoms. The van der Waals surface area contributed by atoms with Crippen molar-refractivity contribution >= 4 is 15.9 Å². The zero-order valence-corrected chi connectivity index (χ0v) is 13.3. The first-order chi connectivity index (χ1) is 11.1. The zero-order valence-electron chi connectivity index (χ0n) is 12.5. The third-order valence-corrected chi connectivity index (χ3v) is 5.68. The number of carbonyl (C=O) groups is 1. The van der Waals surface area contributed by atoms with Gasteiger partial charge in [0, 0.05) is 38.2 Å². The average Bonchev–Trinajstić information content (AvgIpc) is 3.25. The Morgan fingerprint density at radius 1 is 1.26 bits per heavy atom. The number of nitrogens with one attached hydrogen (secondary N) is 2. The zero-order chi connectivity index (χ0) is 16.3. The molecular formula is C15H18N4O3S. The number of hydrogen-bond donors (Lipinski definition) is 2. The Morgan fingerprint density at radius 3 is 2.65 bits per heavy atom. The van der Waals surface area contributed by atoms with Gasteiger partial charge in [-0.25, -0.2) is 8.42 Å². The third kappa shape index (κ3) is 3.43. The lowest BCUT2D eigenvalue weighted by Crippen LogP contribution is -2.27. The van der Waals surface area contributed by atoms with Crippen LogP contribution in [0.4, 0.5) is 0 Å². The van der Waals surface area contributed by atoms with E-state index in [1.54, 1.807) is 24.5 Å². The van der Waals surface area contributed by atoms with Gasteiger partial charge in [0.05, 0.1) is 0 Å². The lowest BCUT2D eigenvalue weighted by molar-refractivity contribution is 0.0946. The summed E-state index contributed by atoms with van der Waals surface area (Å²) in [6.45, 7) is 1.43. The Morgan fingerprint density at radius 2 is 1.96 bits per heavy atom. The van der Waals surface area contributed by atoms with Crippen molar-refractivity contribution in [2.75, 3.05) is 13.1 Å². The fourth-order valence-electron chi connectivity index (χ4n) is 2.51. The van der Waals surface area contributed by atoms with Crippen LogP contribution in [-0.4, -0.2) is 41.7 Å². The number of sulfonamides is 1. The smallest absolute Gasteiger partial charge is 0.268 e. The molecule has 3 heterocycles. The molecule has 1 saturated heterocycles. The van der Waals surface area contributed by atoms with Crippen molar-refractivity contribution in [2.24, 2.45) is 0 Å². The van der Waals surface area contributed by atoms with Gasteiger partial charge in [0.25, 0.3) is 5.91 Å². The number of carbonyl (C=O) groups excluding carboxylic acids is 1. The van der Waals surface area contributed by atoms with Crippen LogP contribution in [0.1, 0.15) is 28.9 Å². The molecule has 23 heavy (non-hydrogen) atoms. The van der Waals surface area contributed by atoms with Gasteiger partial charge in [-0.1, -0.05) is 0 Å². The molecule has 7 nitrogen and oxygen atoms in total. The molecule has 1 amide bonds. The van der Waals surface area contributed by atoms with Gasteiger partial charge in [-0.2, -0.15) is 4.31 Å². The Kier molecular flexibility index (Phi) is 4.44. The van der Waals surface area contributed by atoms with Crippen molar-refractivity contribution in [3.63, 3.8) is 0 Å². The van der Waals surface area contributed by atoms with Gasteiger partial charge in [0.2, 0.25) is 10.0 Å². The van der Waals surface area contributed by atoms with Gasteiger partial charge < -0.3 is 10.3 Å². The molecule has 3 rings (SSSR count). The molecule has 0 radical (unpaired) electrons. The lowest BCUT2D eigenvalue weighted by atomic mass is 10.2. The van der Waals surface area contributed by atoms with E-state index in [0.717, 1.165) is 18.4 Å². The fourth-order valence-corrected chi connectivity index (χ4v) is 4.02. The van der Waals surface area contributed by atoms with Crippen LogP contribution >= 0.6 is 0 Å². The van der Waals surface area contributed by atoms with Crippen LogP contribution in [0.3, 0.4) is 0 Å². The summed E-state index contributed by atoms with van der Waals surface area (Å²) >= 11 is 0. The van der Waals surface area contributed by atoms with Crippen LogP contribution in [0, 0.1) is 0 Å². The molecule has 2 aromatic rings. The number of hydrogen-bond acceptors (Lipinski definition) is 4. The van der Waals surface area contributed by atoms with Gasteiger partial charge in [0.15, 0.2) is 0 Å². The van der Waals surface area contributed by atoms with E-state index in [-0.39, 0.29) is 16.5 Å². The van der Waals surface area contributed by atoms with Crippen LogP contribution in [0.2, 0.25) is 0 Å². The van der Waals surface area contributed by atoms with Crippen molar-refractivity contribution in [3.8, 4) is 0 Å². The maximum absolute atomic E-state index is 12.4. The minimum Gasteiger partial charge on any atom is -0.356 e. The van der Waals surface area contributed by atoms with E-state index in [2.05, 4.69) is 15.3 Å². The molecule has 1 aliphatic heterocycles. The normalized spacial score (nSPS) is 15.7. The molecule has 0 saturated carbocycles. The summed E-state index contributed by atoms with van der Waals surface area (Å²) in [6.07, 6.45) is 6.43. The van der Waals surface area contributed by atoms with E-state index >= 15 is 0 Å². The monoisotopic (exact) mass is 334 g/mol. The van der Waals surface area contributed by atoms with Crippen molar-refractivity contribution in [1.29, 1.82) is 0 Å². The second-order valence-corrected chi connectivity index (χ2v) is 7.34. The SMILES string of the molecule is O=C(NCc1ccncc1)c1cc(S(=O)(=O)N2CCCC2)c[nH]1. The maximum atomic E-state index is 12.4. The molecule has 2 N–H and O–H groups in total. The predicted molar refractivity (Wildman–Crippen MR) is 84.2 cm³/mol. The van der Waals surface area contributed by atoms with Gasteiger partial charge >= 0.3 is 0 Å². The summed E-state index contributed by atoms with van der Waals surface area (Å²) < 4.78 is 26.3. The van der Waals surface area contributed by atoms with Crippen LogP contribution in [0.5, 0.6) is 0 Å². The van der Waals surface area contributed by atoms with Crippen LogP contribution in [0.15, 0.2) is 41.7 Å². The topological polar surface area (TPSA) is 95.2 Å². The molecule has 1 fully saturated rings. The van der Waals surface area contributed by atoms with E-state index in [1.807, 2.05) is 0 Å². The van der Waals surface area contributed by atoms with E-state index in [4.69, 9.17) is 0 Å². The number of rotatable bonds is 5. The molecule has 8 heteroatoms. The Balaban J connectivity index is 1.67. The Labute approximate surface area is 134 Å². The molecule has 0 bridgehead atoms.